The summed E-state index contributed by atoms with van der Waals surface area (Å²) in [5.74, 6) is 0.921. The number of benzene rings is 1. The molecule has 5 nitrogen and oxygen atoms in total. The Balaban J connectivity index is 2.21. The van der Waals surface area contributed by atoms with Gasteiger partial charge < -0.3 is 20.5 Å². The third-order valence-electron chi connectivity index (χ3n) is 2.07. The van der Waals surface area contributed by atoms with Gasteiger partial charge in [0.05, 0.1) is 5.56 Å². The van der Waals surface area contributed by atoms with Gasteiger partial charge in [-0.15, -0.1) is 0 Å². The molecule has 0 aromatic heterocycles. The maximum Gasteiger partial charge on any atom is 0.255 e. The molecule has 5 heteroatoms. The van der Waals surface area contributed by atoms with Crippen LogP contribution in [-0.2, 0) is 0 Å². The van der Waals surface area contributed by atoms with Gasteiger partial charge in [-0.05, 0) is 12.1 Å². The van der Waals surface area contributed by atoms with Crippen LogP contribution in [0.15, 0.2) is 18.2 Å². The van der Waals surface area contributed by atoms with E-state index in [-0.39, 0.29) is 12.7 Å². The highest BCUT2D eigenvalue weighted by molar-refractivity contribution is 5.97. The first-order valence-corrected chi connectivity index (χ1v) is 4.70. The topological polar surface area (TPSA) is 73.6 Å². The predicted molar refractivity (Wildman–Crippen MR) is 54.0 cm³/mol. The van der Waals surface area contributed by atoms with E-state index in [1.165, 1.54) is 0 Å². The second-order valence-corrected chi connectivity index (χ2v) is 3.08. The standard InChI is InChI=1S/C10H12N2O3/c11-4-5-12-10(13)7-2-1-3-8-9(7)15-6-14-8/h1-3H,4-6,11H2,(H,12,13). The second-order valence-electron chi connectivity index (χ2n) is 3.08. The molecule has 0 radical (unpaired) electrons. The van der Waals surface area contributed by atoms with Crippen molar-refractivity contribution >= 4 is 5.91 Å². The van der Waals surface area contributed by atoms with Gasteiger partial charge in [-0.2, -0.15) is 0 Å². The van der Waals surface area contributed by atoms with Gasteiger partial charge >= 0.3 is 0 Å². The van der Waals surface area contributed by atoms with Gasteiger partial charge in [0.25, 0.3) is 5.91 Å². The van der Waals surface area contributed by atoms with Crippen LogP contribution in [0, 0.1) is 0 Å². The van der Waals surface area contributed by atoms with Crippen molar-refractivity contribution in [2.75, 3.05) is 19.9 Å². The van der Waals surface area contributed by atoms with Crippen molar-refractivity contribution in [1.82, 2.24) is 5.32 Å². The number of nitrogens with two attached hydrogens (primary N) is 1. The SMILES string of the molecule is NCCNC(=O)c1cccc2c1OCO2. The molecule has 15 heavy (non-hydrogen) atoms. The van der Waals surface area contributed by atoms with Crippen molar-refractivity contribution in [3.05, 3.63) is 23.8 Å². The van der Waals surface area contributed by atoms with Gasteiger partial charge in [-0.1, -0.05) is 6.07 Å². The van der Waals surface area contributed by atoms with Crippen LogP contribution >= 0.6 is 0 Å². The minimum atomic E-state index is -0.192. The number of fused-ring (bicyclic) bond motifs is 1. The summed E-state index contributed by atoms with van der Waals surface area (Å²) in [5, 5.41) is 2.68. The number of para-hydroxylation sites is 1. The molecule has 0 saturated carbocycles. The number of ether oxygens (including phenoxy) is 2. The molecule has 0 bridgehead atoms. The van der Waals surface area contributed by atoms with Crippen LogP contribution in [0.1, 0.15) is 10.4 Å². The molecule has 0 atom stereocenters. The molecule has 3 N–H and O–H groups in total. The molecule has 0 saturated heterocycles. The first-order valence-electron chi connectivity index (χ1n) is 4.70. The van der Waals surface area contributed by atoms with E-state index in [2.05, 4.69) is 5.32 Å². The van der Waals surface area contributed by atoms with Gasteiger partial charge in [0.1, 0.15) is 0 Å². The van der Waals surface area contributed by atoms with Crippen LogP contribution < -0.4 is 20.5 Å². The number of amides is 1. The Hall–Kier alpha value is -1.75. The van der Waals surface area contributed by atoms with Crippen molar-refractivity contribution in [2.45, 2.75) is 0 Å². The van der Waals surface area contributed by atoms with Crippen molar-refractivity contribution < 1.29 is 14.3 Å². The quantitative estimate of drug-likeness (QED) is 0.739. The molecule has 1 amide bonds. The predicted octanol–water partition coefficient (Wildman–Crippen LogP) is 0.104. The van der Waals surface area contributed by atoms with Crippen molar-refractivity contribution in [1.29, 1.82) is 0 Å². The van der Waals surface area contributed by atoms with Gasteiger partial charge in [0.2, 0.25) is 6.79 Å². The van der Waals surface area contributed by atoms with E-state index in [1.807, 2.05) is 0 Å². The smallest absolute Gasteiger partial charge is 0.255 e. The summed E-state index contributed by atoms with van der Waals surface area (Å²) in [6.07, 6.45) is 0. The molecule has 0 aliphatic carbocycles. The highest BCUT2D eigenvalue weighted by atomic mass is 16.7. The fraction of sp³-hybridized carbons (Fsp3) is 0.300. The average molecular weight is 208 g/mol. The fourth-order valence-electron chi connectivity index (χ4n) is 1.39. The van der Waals surface area contributed by atoms with Crippen molar-refractivity contribution in [3.8, 4) is 11.5 Å². The lowest BCUT2D eigenvalue weighted by Crippen LogP contribution is -2.29. The highest BCUT2D eigenvalue weighted by Gasteiger charge is 2.21. The Morgan fingerprint density at radius 1 is 1.47 bits per heavy atom. The molecule has 0 fully saturated rings. The zero-order valence-corrected chi connectivity index (χ0v) is 8.16. The first-order chi connectivity index (χ1) is 7.33. The third kappa shape index (κ3) is 1.87. The van der Waals surface area contributed by atoms with E-state index >= 15 is 0 Å². The van der Waals surface area contributed by atoms with E-state index in [1.54, 1.807) is 18.2 Å². The number of nitrogens with one attached hydrogen (secondary N) is 1. The third-order valence-corrected chi connectivity index (χ3v) is 2.07. The van der Waals surface area contributed by atoms with Gasteiger partial charge in [0.15, 0.2) is 11.5 Å². The molecule has 1 aromatic carbocycles. The average Bonchev–Trinajstić information content (AvgIpc) is 2.73. The van der Waals surface area contributed by atoms with Gasteiger partial charge in [-0.25, -0.2) is 0 Å². The lowest BCUT2D eigenvalue weighted by atomic mass is 10.1. The zero-order chi connectivity index (χ0) is 10.7. The number of rotatable bonds is 3. The van der Waals surface area contributed by atoms with E-state index in [4.69, 9.17) is 15.2 Å². The Labute approximate surface area is 87.2 Å². The van der Waals surface area contributed by atoms with Crippen molar-refractivity contribution in [2.24, 2.45) is 5.73 Å². The first kappa shape index (κ1) is 9.79. The summed E-state index contributed by atoms with van der Waals surface area (Å²) < 4.78 is 10.4. The number of hydrogen-bond acceptors (Lipinski definition) is 4. The minimum Gasteiger partial charge on any atom is -0.454 e. The number of carbonyl (C=O) groups is 1. The fourth-order valence-corrected chi connectivity index (χ4v) is 1.39. The molecular weight excluding hydrogens is 196 g/mol. The van der Waals surface area contributed by atoms with Crippen LogP contribution in [0.25, 0.3) is 0 Å². The minimum absolute atomic E-state index is 0.163. The molecule has 1 aromatic rings. The Morgan fingerprint density at radius 3 is 3.13 bits per heavy atom. The van der Waals surface area contributed by atoms with Crippen LogP contribution in [0.3, 0.4) is 0 Å². The van der Waals surface area contributed by atoms with Crippen LogP contribution in [0.4, 0.5) is 0 Å². The molecule has 0 unspecified atom stereocenters. The highest BCUT2D eigenvalue weighted by Crippen LogP contribution is 2.34. The molecule has 1 aliphatic heterocycles. The second kappa shape index (κ2) is 4.18. The summed E-state index contributed by atoms with van der Waals surface area (Å²) >= 11 is 0. The summed E-state index contributed by atoms with van der Waals surface area (Å²) in [6, 6.07) is 5.21. The number of carbonyl (C=O) groups excluding carboxylic acids is 1. The van der Waals surface area contributed by atoms with E-state index in [9.17, 15) is 4.79 Å². The van der Waals surface area contributed by atoms with Crippen LogP contribution in [-0.4, -0.2) is 25.8 Å². The maximum absolute atomic E-state index is 11.7. The van der Waals surface area contributed by atoms with Crippen molar-refractivity contribution in [3.63, 3.8) is 0 Å². The molecule has 0 spiro atoms. The molecule has 2 rings (SSSR count). The van der Waals surface area contributed by atoms with Gasteiger partial charge in [0, 0.05) is 13.1 Å². The monoisotopic (exact) mass is 208 g/mol. The summed E-state index contributed by atoms with van der Waals surface area (Å²) in [4.78, 5) is 11.7. The van der Waals surface area contributed by atoms with E-state index in [0.717, 1.165) is 0 Å². The Morgan fingerprint density at radius 2 is 2.33 bits per heavy atom. The molecule has 1 heterocycles. The Kier molecular flexibility index (Phi) is 2.73. The zero-order valence-electron chi connectivity index (χ0n) is 8.16. The van der Waals surface area contributed by atoms with Crippen LogP contribution in [0.5, 0.6) is 11.5 Å². The molecular formula is C10H12N2O3. The van der Waals surface area contributed by atoms with Crippen LogP contribution in [0.2, 0.25) is 0 Å². The Bertz CT molecular complexity index is 379. The largest absolute Gasteiger partial charge is 0.454 e. The number of hydrogen-bond donors (Lipinski definition) is 2. The summed E-state index contributed by atoms with van der Waals surface area (Å²) in [7, 11) is 0. The summed E-state index contributed by atoms with van der Waals surface area (Å²) in [5.41, 5.74) is 5.78. The maximum atomic E-state index is 11.7. The summed E-state index contributed by atoms with van der Waals surface area (Å²) in [6.45, 7) is 1.03. The lowest BCUT2D eigenvalue weighted by Gasteiger charge is -2.05. The molecule has 80 valence electrons. The normalized spacial score (nSPS) is 12.6. The molecule has 1 aliphatic rings. The lowest BCUT2D eigenvalue weighted by molar-refractivity contribution is 0.0950. The van der Waals surface area contributed by atoms with E-state index in [0.29, 0.717) is 30.2 Å². The van der Waals surface area contributed by atoms with E-state index < -0.39 is 0 Å². The van der Waals surface area contributed by atoms with Gasteiger partial charge in [-0.3, -0.25) is 4.79 Å².